The molecule has 3 atom stereocenters. The molecular formula is C40H56O2. The van der Waals surface area contributed by atoms with Gasteiger partial charge in [-0.25, -0.2) is 0 Å². The molecule has 0 amide bonds. The minimum Gasteiger partial charge on any atom is -0.367 e. The molecule has 2 nitrogen and oxygen atoms in total. The third kappa shape index (κ3) is 14.8. The van der Waals surface area contributed by atoms with Crippen LogP contribution in [0.5, 0.6) is 0 Å². The Hall–Kier alpha value is -2.94. The van der Waals surface area contributed by atoms with Gasteiger partial charge in [0.2, 0.25) is 0 Å². The Labute approximate surface area is 258 Å². The Kier molecular flexibility index (Phi) is 14.5. The molecule has 3 unspecified atom stereocenters. The molecule has 0 bridgehead atoms. The summed E-state index contributed by atoms with van der Waals surface area (Å²) in [5, 5.41) is 0. The number of ether oxygens (including phenoxy) is 2. The molecule has 2 aliphatic rings. The molecule has 0 aliphatic carbocycles. The van der Waals surface area contributed by atoms with E-state index in [1.165, 1.54) is 33.4 Å². The zero-order valence-electron chi connectivity index (χ0n) is 28.0. The highest BCUT2D eigenvalue weighted by atomic mass is 16.6. The molecule has 2 heteroatoms. The van der Waals surface area contributed by atoms with Crippen molar-refractivity contribution in [3.8, 4) is 0 Å². The van der Waals surface area contributed by atoms with Crippen molar-refractivity contribution in [3.05, 3.63) is 131 Å². The molecule has 2 heterocycles. The zero-order chi connectivity index (χ0) is 31.2. The lowest BCUT2D eigenvalue weighted by atomic mass is 10.00. The summed E-state index contributed by atoms with van der Waals surface area (Å²) in [5.41, 5.74) is 7.72. The summed E-state index contributed by atoms with van der Waals surface area (Å²) < 4.78 is 11.6. The van der Waals surface area contributed by atoms with Crippen LogP contribution in [0.1, 0.15) is 94.9 Å². The minimum atomic E-state index is 0.0000866. The van der Waals surface area contributed by atoms with Crippen LogP contribution < -0.4 is 0 Å². The third-order valence-electron chi connectivity index (χ3n) is 7.64. The standard InChI is InChI=1S/C40H56O2/c1-31(2)17-16-30-40(10)38(42-40)29-27-36(7)25-14-21-33(4)19-12-11-18-32(3)20-13-22-34(5)23-15-24-35(6)26-28-37-39(8,9)41-37/h11-15,17-25,27,29,37-38H,16,26,28,30H2,1-10H3/b12-11+,20-13+,21-14+,23-15+,29-27+,32-18+,33-19+,34-22+,35-24+,36-25+. The lowest BCUT2D eigenvalue weighted by molar-refractivity contribution is 0.303. The summed E-state index contributed by atoms with van der Waals surface area (Å²) in [6, 6.07) is 0. The van der Waals surface area contributed by atoms with Gasteiger partial charge in [-0.2, -0.15) is 0 Å². The Morgan fingerprint density at radius 2 is 1.10 bits per heavy atom. The van der Waals surface area contributed by atoms with Gasteiger partial charge in [-0.1, -0.05) is 131 Å². The fraction of sp³-hybridized carbons (Fsp3) is 0.450. The maximum Gasteiger partial charge on any atom is 0.105 e. The van der Waals surface area contributed by atoms with Gasteiger partial charge in [0.25, 0.3) is 0 Å². The number of hydrogen-bond donors (Lipinski definition) is 0. The summed E-state index contributed by atoms with van der Waals surface area (Å²) in [6.07, 6.45) is 39.3. The van der Waals surface area contributed by atoms with Gasteiger partial charge in [-0.15, -0.1) is 0 Å². The minimum absolute atomic E-state index is 0.0000866. The normalized spacial score (nSPS) is 25.6. The maximum absolute atomic E-state index is 5.93. The van der Waals surface area contributed by atoms with Crippen molar-refractivity contribution in [2.45, 2.75) is 118 Å². The average molecular weight is 569 g/mol. The third-order valence-corrected chi connectivity index (χ3v) is 7.64. The smallest absolute Gasteiger partial charge is 0.105 e. The first-order valence-corrected chi connectivity index (χ1v) is 15.5. The topological polar surface area (TPSA) is 25.1 Å². The van der Waals surface area contributed by atoms with E-state index in [1.54, 1.807) is 0 Å². The second-order valence-corrected chi connectivity index (χ2v) is 12.9. The Morgan fingerprint density at radius 1 is 0.619 bits per heavy atom. The van der Waals surface area contributed by atoms with Gasteiger partial charge in [0.15, 0.2) is 0 Å². The molecule has 0 aromatic rings. The Morgan fingerprint density at radius 3 is 1.60 bits per heavy atom. The van der Waals surface area contributed by atoms with Crippen molar-refractivity contribution in [2.75, 3.05) is 0 Å². The molecule has 228 valence electrons. The van der Waals surface area contributed by atoms with Crippen LogP contribution in [0.2, 0.25) is 0 Å². The first-order chi connectivity index (χ1) is 19.8. The number of hydrogen-bond acceptors (Lipinski definition) is 2. The summed E-state index contributed by atoms with van der Waals surface area (Å²) >= 11 is 0. The van der Waals surface area contributed by atoms with E-state index >= 15 is 0 Å². The van der Waals surface area contributed by atoms with E-state index in [2.05, 4.69) is 166 Å². The van der Waals surface area contributed by atoms with E-state index in [0.29, 0.717) is 6.10 Å². The molecule has 2 saturated heterocycles. The lowest BCUT2D eigenvalue weighted by Gasteiger charge is -2.02. The van der Waals surface area contributed by atoms with Crippen LogP contribution in [-0.2, 0) is 9.47 Å². The van der Waals surface area contributed by atoms with Gasteiger partial charge in [-0.05, 0) is 94.9 Å². The summed E-state index contributed by atoms with van der Waals surface area (Å²) in [4.78, 5) is 0. The van der Waals surface area contributed by atoms with Gasteiger partial charge in [0, 0.05) is 0 Å². The quantitative estimate of drug-likeness (QED) is 0.105. The number of epoxide rings is 2. The molecule has 2 fully saturated rings. The Balaban J connectivity index is 1.72. The largest absolute Gasteiger partial charge is 0.367 e. The molecule has 42 heavy (non-hydrogen) atoms. The second kappa shape index (κ2) is 17.2. The molecule has 0 radical (unpaired) electrons. The van der Waals surface area contributed by atoms with Crippen molar-refractivity contribution in [3.63, 3.8) is 0 Å². The van der Waals surface area contributed by atoms with Crippen LogP contribution in [0.25, 0.3) is 0 Å². The molecule has 2 rings (SSSR count). The molecule has 0 saturated carbocycles. The number of allylic oxidation sites excluding steroid dienone is 21. The van der Waals surface area contributed by atoms with Gasteiger partial charge in [0.05, 0.1) is 17.3 Å². The van der Waals surface area contributed by atoms with Crippen molar-refractivity contribution in [1.82, 2.24) is 0 Å². The maximum atomic E-state index is 5.93. The SMILES string of the molecule is CC(C)=CCCC1(C)OC1/C=C/C(C)=C/C=C/C(C)=C/C=C/C=C(C)/C=C/C=C(C)/C=C/C=C(\C)CCC1OC1(C)C. The average Bonchev–Trinajstić information content (AvgIpc) is 3.76. The molecule has 2 aliphatic heterocycles. The van der Waals surface area contributed by atoms with E-state index in [-0.39, 0.29) is 17.3 Å². The van der Waals surface area contributed by atoms with Crippen molar-refractivity contribution >= 4 is 0 Å². The van der Waals surface area contributed by atoms with Crippen LogP contribution >= 0.6 is 0 Å². The van der Waals surface area contributed by atoms with Crippen LogP contribution in [0.3, 0.4) is 0 Å². The molecular weight excluding hydrogens is 512 g/mol. The molecule has 0 spiro atoms. The van der Waals surface area contributed by atoms with Gasteiger partial charge in [-0.3, -0.25) is 0 Å². The second-order valence-electron chi connectivity index (χ2n) is 12.9. The highest BCUT2D eigenvalue weighted by molar-refractivity contribution is 5.32. The fourth-order valence-corrected chi connectivity index (χ4v) is 4.47. The van der Waals surface area contributed by atoms with Crippen LogP contribution in [0.15, 0.2) is 131 Å². The van der Waals surface area contributed by atoms with Crippen LogP contribution in [0.4, 0.5) is 0 Å². The van der Waals surface area contributed by atoms with E-state index in [1.807, 2.05) is 0 Å². The summed E-state index contributed by atoms with van der Waals surface area (Å²) in [7, 11) is 0. The first kappa shape index (κ1) is 35.3. The van der Waals surface area contributed by atoms with Crippen molar-refractivity contribution in [1.29, 1.82) is 0 Å². The predicted molar refractivity (Wildman–Crippen MR) is 185 cm³/mol. The van der Waals surface area contributed by atoms with Gasteiger partial charge in [0.1, 0.15) is 6.10 Å². The molecule has 0 aromatic heterocycles. The molecule has 0 N–H and O–H groups in total. The first-order valence-electron chi connectivity index (χ1n) is 15.5. The zero-order valence-corrected chi connectivity index (χ0v) is 28.0. The predicted octanol–water partition coefficient (Wildman–Crippen LogP) is 11.4. The summed E-state index contributed by atoms with van der Waals surface area (Å²) in [6.45, 7) is 21.5. The van der Waals surface area contributed by atoms with Gasteiger partial charge >= 0.3 is 0 Å². The fourth-order valence-electron chi connectivity index (χ4n) is 4.47. The lowest BCUT2D eigenvalue weighted by Crippen LogP contribution is -2.07. The van der Waals surface area contributed by atoms with Crippen molar-refractivity contribution in [2.24, 2.45) is 0 Å². The van der Waals surface area contributed by atoms with E-state index in [4.69, 9.17) is 9.47 Å². The van der Waals surface area contributed by atoms with E-state index in [0.717, 1.165) is 25.7 Å². The monoisotopic (exact) mass is 568 g/mol. The van der Waals surface area contributed by atoms with Crippen LogP contribution in [-0.4, -0.2) is 23.4 Å². The van der Waals surface area contributed by atoms with Crippen molar-refractivity contribution < 1.29 is 9.47 Å². The highest BCUT2D eigenvalue weighted by Gasteiger charge is 2.49. The Bertz CT molecular complexity index is 1230. The summed E-state index contributed by atoms with van der Waals surface area (Å²) in [5.74, 6) is 0. The molecule has 0 aromatic carbocycles. The van der Waals surface area contributed by atoms with Gasteiger partial charge < -0.3 is 9.47 Å². The van der Waals surface area contributed by atoms with Crippen LogP contribution in [0, 0.1) is 0 Å². The number of rotatable bonds is 16. The van der Waals surface area contributed by atoms with E-state index < -0.39 is 0 Å². The highest BCUT2D eigenvalue weighted by Crippen LogP contribution is 2.41. The van der Waals surface area contributed by atoms with E-state index in [9.17, 15) is 0 Å².